The van der Waals surface area contributed by atoms with Crippen LogP contribution in [0.3, 0.4) is 0 Å². The molecule has 3 aliphatic carbocycles. The maximum absolute atomic E-state index is 12.6. The lowest BCUT2D eigenvalue weighted by Crippen LogP contribution is -2.44. The highest BCUT2D eigenvalue weighted by Crippen LogP contribution is 2.41. The number of hydrogen-bond donors (Lipinski definition) is 19. The van der Waals surface area contributed by atoms with Gasteiger partial charge in [0.15, 0.2) is 34.4 Å². The van der Waals surface area contributed by atoms with E-state index in [9.17, 15) is 82.5 Å². The number of nitrogens with one attached hydrogen (secondary N) is 4. The summed E-state index contributed by atoms with van der Waals surface area (Å²) in [6.45, 7) is 3.19. The zero-order valence-electron chi connectivity index (χ0n) is 58.1. The van der Waals surface area contributed by atoms with Crippen molar-refractivity contribution in [1.82, 2.24) is 72.6 Å². The number of aliphatic imine (C=N–C) groups is 1. The Morgan fingerprint density at radius 1 is 0.618 bits per heavy atom. The van der Waals surface area contributed by atoms with Crippen molar-refractivity contribution < 1.29 is 93.1 Å². The number of nitrogen functional groups attached to an aromatic ring is 3. The third-order valence-corrected chi connectivity index (χ3v) is 19.6. The van der Waals surface area contributed by atoms with Gasteiger partial charge in [0.2, 0.25) is 11.9 Å². The predicted octanol–water partition coefficient (Wildman–Crippen LogP) is -4.65. The molecule has 2 saturated carbocycles. The third-order valence-electron chi connectivity index (χ3n) is 18.9. The number of imidazole rings is 2. The molecule has 8 aliphatic rings. The number of H-pyrrole nitrogens is 3. The number of amidine groups is 1. The quantitative estimate of drug-likeness (QED) is 0.0360. The van der Waals surface area contributed by atoms with Crippen molar-refractivity contribution in [1.29, 1.82) is 0 Å². The van der Waals surface area contributed by atoms with Gasteiger partial charge in [-0.2, -0.15) is 38.1 Å². The Morgan fingerprint density at radius 2 is 1.25 bits per heavy atom. The summed E-state index contributed by atoms with van der Waals surface area (Å²) in [7, 11) is 0. The normalized spacial score (nSPS) is 28.3. The molecule has 600 valence electrons. The first kappa shape index (κ1) is 83.2. The number of hydrogen-bond acceptors (Lipinski definition) is 33. The molecule has 23 N–H and O–H groups in total. The van der Waals surface area contributed by atoms with Crippen LogP contribution in [0.15, 0.2) is 95.4 Å². The first-order valence-electron chi connectivity index (χ1n) is 34.2. The van der Waals surface area contributed by atoms with Crippen LogP contribution in [0.4, 0.5) is 41.5 Å². The van der Waals surface area contributed by atoms with E-state index in [1.54, 1.807) is 43.4 Å². The Hall–Kier alpha value is -9.32. The molecule has 6 fully saturated rings. The summed E-state index contributed by atoms with van der Waals surface area (Å²) < 4.78 is 65.7. The number of fused-ring (bicyclic) bond motifs is 2. The van der Waals surface area contributed by atoms with Gasteiger partial charge in [0.1, 0.15) is 66.4 Å². The molecule has 7 aromatic rings. The minimum atomic E-state index is -4.92. The van der Waals surface area contributed by atoms with Crippen molar-refractivity contribution in [2.24, 2.45) is 22.6 Å². The fourth-order valence-corrected chi connectivity index (χ4v) is 13.3. The molecule has 110 heavy (non-hydrogen) atoms. The van der Waals surface area contributed by atoms with E-state index in [-0.39, 0.29) is 105 Å². The van der Waals surface area contributed by atoms with Crippen molar-refractivity contribution in [3.63, 3.8) is 0 Å². The fraction of sp³-hybridized carbons (Fsp3) is 0.556. The third kappa shape index (κ3) is 19.2. The second-order valence-corrected chi connectivity index (χ2v) is 27.6. The number of alkyl halides is 3. The summed E-state index contributed by atoms with van der Waals surface area (Å²) in [5.74, 6) is 1.25. The molecule has 0 bridgehead atoms. The number of anilines is 4. The van der Waals surface area contributed by atoms with Crippen LogP contribution < -0.4 is 62.0 Å². The van der Waals surface area contributed by atoms with Crippen molar-refractivity contribution in [3.8, 4) is 0 Å². The summed E-state index contributed by atoms with van der Waals surface area (Å²) in [5.41, 5.74) is 18.6. The zero-order chi connectivity index (χ0) is 79.9. The van der Waals surface area contributed by atoms with Crippen LogP contribution in [-0.2, 0) is 25.1 Å². The highest BCUT2D eigenvalue weighted by atomic mass is 127. The second kappa shape index (κ2) is 35.8. The standard InChI is InChI=1S/C14H18N6O.C12H15N5O3.C10H11F3N2O5.C9H11IN2O5.C9H13N3O5.C9H15N3O3/c15-14-18-12(17-9-2-3-9)11-13(19-14)20(7-16-11)10-4-1-8(5-10)6-21;1-5-6(3-18)8(19)2-7(5)17-4-14-9-10(17)15-12(13)16-11(9)20;11-10(12,13)4-2-15(9(19)14-8(4)18)7-1-5(17)6(3-16)20-7;10-4-2-12(9(16)11-8(4)15)7-1-5(14)6(3-13)17-7;10-5-1-2-12(9(16)11-5)8-7(15)6(14)4(3-13)17-8;10-7-3-4-12(9(14)11-7)8-2-1-6(5-13)15-8/h1,4,7-10,21H,2-3,5-6H2,(H3,15,17,18,19);4,6-8,18-19H,1-3H2,(H3,13,15,16,20);2,5-7,16-17H,1,3H2,(H,14,18,19);2,5-7,13-14H,1,3H2,(H,11,15,16);1-2,4,6-8,13-15H,3H2,(H2,10,11,16);6,8,13H,1-5H2,(H2,10,11,14)/t8-,10+;6-,7+,8-;2*5-,6+,7+;4-,6?,7-,8-;6-,8+/m100010/s1. The highest BCUT2D eigenvalue weighted by Gasteiger charge is 2.45. The van der Waals surface area contributed by atoms with Gasteiger partial charge in [0.25, 0.3) is 16.7 Å². The van der Waals surface area contributed by atoms with Crippen molar-refractivity contribution in [3.05, 3.63) is 133 Å². The van der Waals surface area contributed by atoms with Crippen LogP contribution in [0, 0.1) is 15.4 Å². The number of carbonyl (C=O) groups excluding carboxylic acids is 1. The molecule has 5 aliphatic heterocycles. The van der Waals surface area contributed by atoms with Gasteiger partial charge in [-0.1, -0.05) is 18.7 Å². The molecule has 17 atom stereocenters. The van der Waals surface area contributed by atoms with Crippen molar-refractivity contribution in [2.45, 2.75) is 162 Å². The Balaban J connectivity index is 0.000000141. The molecule has 4 saturated heterocycles. The number of aliphatic hydroxyl groups excluding tert-OH is 11. The maximum atomic E-state index is 12.6. The van der Waals surface area contributed by atoms with E-state index in [1.165, 1.54) is 29.4 Å². The number of nitrogens with two attached hydrogens (primary N) is 4. The van der Waals surface area contributed by atoms with Crippen molar-refractivity contribution >= 4 is 80.3 Å². The zero-order valence-corrected chi connectivity index (χ0v) is 60.2. The lowest BCUT2D eigenvalue weighted by Gasteiger charge is -2.29. The number of ether oxygens (including phenoxy) is 4. The average Bonchev–Trinajstić information content (AvgIpc) is 1.58. The molecule has 12 heterocycles. The highest BCUT2D eigenvalue weighted by molar-refractivity contribution is 14.1. The number of aromatic amines is 3. The van der Waals surface area contributed by atoms with Gasteiger partial charge in [-0.3, -0.25) is 47.9 Å². The van der Waals surface area contributed by atoms with Gasteiger partial charge in [-0.15, -0.1) is 0 Å². The van der Waals surface area contributed by atoms with Crippen LogP contribution in [0.25, 0.3) is 22.3 Å². The number of amides is 2. The number of nitrogens with zero attached hydrogens (tertiary/aromatic N) is 13. The lowest BCUT2D eigenvalue weighted by atomic mass is 10.0. The summed E-state index contributed by atoms with van der Waals surface area (Å²) >= 11 is 1.80. The van der Waals surface area contributed by atoms with E-state index in [0.717, 1.165) is 53.7 Å². The number of rotatable bonds is 14. The number of carbonyl (C=O) groups is 1. The molecular weight excluding hydrogens is 1590 g/mol. The van der Waals surface area contributed by atoms with E-state index >= 15 is 0 Å². The van der Waals surface area contributed by atoms with Crippen LogP contribution in [0.1, 0.15) is 94.1 Å². The second-order valence-electron chi connectivity index (χ2n) is 26.4. The number of allylic oxidation sites excluding steroid dienone is 1. The van der Waals surface area contributed by atoms with E-state index < -0.39 is 126 Å². The minimum Gasteiger partial charge on any atom is -0.396 e. The number of urea groups is 1. The first-order valence-corrected chi connectivity index (χ1v) is 35.3. The Bertz CT molecular complexity index is 4850. The summed E-state index contributed by atoms with van der Waals surface area (Å²) in [5, 5.41) is 106. The monoisotopic (exact) mass is 1670 g/mol. The van der Waals surface area contributed by atoms with E-state index in [0.29, 0.717) is 56.8 Å². The predicted molar refractivity (Wildman–Crippen MR) is 385 cm³/mol. The van der Waals surface area contributed by atoms with Gasteiger partial charge in [0.05, 0.1) is 85.8 Å². The van der Waals surface area contributed by atoms with E-state index in [2.05, 4.69) is 62.8 Å². The average molecular weight is 1670 g/mol. The maximum Gasteiger partial charge on any atom is 0.423 e. The molecule has 0 spiro atoms. The van der Waals surface area contributed by atoms with Gasteiger partial charge in [-0.25, -0.2) is 29.1 Å². The lowest BCUT2D eigenvalue weighted by molar-refractivity contribution is -0.139. The molecular formula is C63H83F3IN21O22. The van der Waals surface area contributed by atoms with Crippen molar-refractivity contribution in [2.75, 3.05) is 68.7 Å². The summed E-state index contributed by atoms with van der Waals surface area (Å²) in [6.07, 6.45) is 0.133. The topological polar surface area (TPSA) is 660 Å². The van der Waals surface area contributed by atoms with Crippen LogP contribution in [-0.4, -0.2) is 254 Å². The molecule has 47 heteroatoms. The fourth-order valence-electron chi connectivity index (χ4n) is 12.8. The van der Waals surface area contributed by atoms with Gasteiger partial charge in [-0.05, 0) is 72.8 Å². The molecule has 0 radical (unpaired) electrons. The molecule has 7 aromatic heterocycles. The van der Waals surface area contributed by atoms with Crippen LogP contribution in [0.5, 0.6) is 0 Å². The molecule has 15 rings (SSSR count). The molecule has 2 amide bonds. The van der Waals surface area contributed by atoms with Gasteiger partial charge < -0.3 is 113 Å². The molecule has 43 nitrogen and oxygen atoms in total. The number of halogens is 4. The Kier molecular flexibility index (Phi) is 27.1. The molecule has 0 aromatic carbocycles. The largest absolute Gasteiger partial charge is 0.423 e. The Labute approximate surface area is 629 Å². The van der Waals surface area contributed by atoms with E-state index in [1.807, 2.05) is 10.6 Å². The summed E-state index contributed by atoms with van der Waals surface area (Å²) in [6, 6.07) is 1.42. The molecule has 1 unspecified atom stereocenters. The van der Waals surface area contributed by atoms with Crippen LogP contribution >= 0.6 is 22.6 Å². The smallest absolute Gasteiger partial charge is 0.396 e. The van der Waals surface area contributed by atoms with Gasteiger partial charge in [0, 0.05) is 68.9 Å². The van der Waals surface area contributed by atoms with Gasteiger partial charge >= 0.3 is 29.3 Å². The Morgan fingerprint density at radius 3 is 1.80 bits per heavy atom. The number of aliphatic hydroxyl groups is 11. The first-order chi connectivity index (χ1) is 52.3. The SMILES string of the molecule is C=C1[C@H](n2cnc3c(=O)[nH]c(N)nc32)C[C@H](O)[C@H]1CO.NC1=NC(=O)N([C@H]2CC[C@@H](CO)O2)CC1.Nc1ccn([C@@H]2O[C@H](CO)C(O)[C@H]2O)c(=O)n1.Nc1nc(NC2CC2)c2ncn([C@H]3C=C[C@@H](CO)C3)c2n1.O=c1[nH]c(=O)n([C@H]2C[C@H](O)[C@@H](CO)O2)cc1C(F)(F)F.O=c1[nH]c(=O)n([C@H]2C[C@H](O)[C@@H](CO)O2)cc1I. The minimum absolute atomic E-state index is 0.00391. The van der Waals surface area contributed by atoms with Crippen LogP contribution in [0.2, 0.25) is 0 Å². The van der Waals surface area contributed by atoms with E-state index in [4.69, 9.17) is 62.3 Å². The number of aromatic nitrogens is 14. The summed E-state index contributed by atoms with van der Waals surface area (Å²) in [4.78, 5) is 116.